The Balaban J connectivity index is 1.40. The molecule has 8 nitrogen and oxygen atoms in total. The first-order chi connectivity index (χ1) is 15.5. The first-order valence-electron chi connectivity index (χ1n) is 11.0. The predicted molar refractivity (Wildman–Crippen MR) is 124 cm³/mol. The Morgan fingerprint density at radius 2 is 1.75 bits per heavy atom. The van der Waals surface area contributed by atoms with Crippen molar-refractivity contribution < 1.29 is 9.59 Å². The summed E-state index contributed by atoms with van der Waals surface area (Å²) in [5, 5.41) is 2.88. The first kappa shape index (κ1) is 21.8. The topological polar surface area (TPSA) is 102 Å². The molecule has 4 rings (SSSR count). The minimum Gasteiger partial charge on any atom is -0.369 e. The Labute approximate surface area is 186 Å². The Morgan fingerprint density at radius 3 is 2.41 bits per heavy atom. The van der Waals surface area contributed by atoms with Gasteiger partial charge in [-0.15, -0.1) is 0 Å². The summed E-state index contributed by atoms with van der Waals surface area (Å²) in [7, 11) is 0. The van der Waals surface area contributed by atoms with Gasteiger partial charge in [0.2, 0.25) is 11.8 Å². The first-order valence-corrected chi connectivity index (χ1v) is 11.0. The van der Waals surface area contributed by atoms with Gasteiger partial charge in [0.25, 0.3) is 0 Å². The van der Waals surface area contributed by atoms with Crippen LogP contribution in [-0.4, -0.2) is 38.9 Å². The fraction of sp³-hybridized carbons (Fsp3) is 0.375. The molecule has 1 atom stereocenters. The number of carbonyl (C=O) groups is 2. The third-order valence-electron chi connectivity index (χ3n) is 6.09. The van der Waals surface area contributed by atoms with Crippen molar-refractivity contribution in [2.24, 2.45) is 11.7 Å². The number of para-hydroxylation sites is 2. The third kappa shape index (κ3) is 4.60. The van der Waals surface area contributed by atoms with Crippen LogP contribution in [0.3, 0.4) is 0 Å². The maximum absolute atomic E-state index is 12.7. The van der Waals surface area contributed by atoms with E-state index >= 15 is 0 Å². The Morgan fingerprint density at radius 1 is 1.06 bits per heavy atom. The van der Waals surface area contributed by atoms with Crippen molar-refractivity contribution in [3.63, 3.8) is 0 Å². The van der Waals surface area contributed by atoms with Crippen LogP contribution in [0.25, 0.3) is 11.0 Å². The van der Waals surface area contributed by atoms with E-state index in [0.29, 0.717) is 18.8 Å². The lowest BCUT2D eigenvalue weighted by Crippen LogP contribution is -2.40. The molecule has 1 unspecified atom stereocenters. The third-order valence-corrected chi connectivity index (χ3v) is 6.09. The van der Waals surface area contributed by atoms with E-state index in [0.717, 1.165) is 42.5 Å². The van der Waals surface area contributed by atoms with Gasteiger partial charge in [0.1, 0.15) is 6.54 Å². The zero-order chi connectivity index (χ0) is 22.7. The summed E-state index contributed by atoms with van der Waals surface area (Å²) < 4.78 is 3.18. The Bertz CT molecular complexity index is 1180. The van der Waals surface area contributed by atoms with Crippen LogP contribution >= 0.6 is 0 Å². The zero-order valence-electron chi connectivity index (χ0n) is 18.3. The summed E-state index contributed by atoms with van der Waals surface area (Å²) in [6, 6.07) is 15.2. The normalized spacial score (nSPS) is 16.8. The monoisotopic (exact) mass is 435 g/mol. The van der Waals surface area contributed by atoms with Crippen molar-refractivity contribution >= 4 is 28.5 Å². The van der Waals surface area contributed by atoms with Crippen LogP contribution in [0.15, 0.2) is 53.3 Å². The molecule has 168 valence electrons. The van der Waals surface area contributed by atoms with E-state index in [1.54, 1.807) is 4.57 Å². The number of likely N-dealkylation sites (tertiary alicyclic amines) is 1. The molecule has 3 aromatic rings. The highest BCUT2D eigenvalue weighted by Crippen LogP contribution is 2.19. The highest BCUT2D eigenvalue weighted by atomic mass is 16.2. The van der Waals surface area contributed by atoms with E-state index in [2.05, 4.69) is 10.2 Å². The molecule has 0 aliphatic carbocycles. The molecule has 2 aromatic carbocycles. The molecule has 32 heavy (non-hydrogen) atoms. The second kappa shape index (κ2) is 9.40. The number of nitrogens with one attached hydrogen (secondary N) is 1. The molecule has 1 aliphatic heterocycles. The second-order valence-electron chi connectivity index (χ2n) is 8.32. The molecule has 2 amide bonds. The lowest BCUT2D eigenvalue weighted by atomic mass is 9.97. The van der Waals surface area contributed by atoms with Gasteiger partial charge in [0, 0.05) is 25.3 Å². The van der Waals surface area contributed by atoms with Crippen LogP contribution in [0.1, 0.15) is 25.3 Å². The van der Waals surface area contributed by atoms with Crippen molar-refractivity contribution in [1.29, 1.82) is 0 Å². The summed E-state index contributed by atoms with van der Waals surface area (Å²) >= 11 is 0. The van der Waals surface area contributed by atoms with Gasteiger partial charge in [-0.05, 0) is 56.1 Å². The minimum atomic E-state index is -0.251. The van der Waals surface area contributed by atoms with Gasteiger partial charge in [-0.25, -0.2) is 4.79 Å². The molecule has 1 aromatic heterocycles. The highest BCUT2D eigenvalue weighted by molar-refractivity contribution is 5.91. The number of hydrogen-bond acceptors (Lipinski definition) is 4. The number of primary amides is 1. The van der Waals surface area contributed by atoms with E-state index in [1.165, 1.54) is 4.57 Å². The molecule has 1 aliphatic rings. The van der Waals surface area contributed by atoms with E-state index in [1.807, 2.05) is 55.5 Å². The number of carbonyl (C=O) groups excluding carboxylic acids is 2. The van der Waals surface area contributed by atoms with E-state index in [9.17, 15) is 14.4 Å². The average Bonchev–Trinajstić information content (AvgIpc) is 3.06. The fourth-order valence-corrected chi connectivity index (χ4v) is 4.46. The number of fused-ring (bicyclic) bond motifs is 1. The van der Waals surface area contributed by atoms with Crippen LogP contribution in [0, 0.1) is 5.92 Å². The number of benzene rings is 2. The predicted octanol–water partition coefficient (Wildman–Crippen LogP) is 2.16. The molecule has 1 fully saturated rings. The zero-order valence-corrected chi connectivity index (χ0v) is 18.3. The summed E-state index contributed by atoms with van der Waals surface area (Å²) in [6.45, 7) is 4.79. The number of rotatable bonds is 7. The quantitative estimate of drug-likeness (QED) is 0.594. The summed E-state index contributed by atoms with van der Waals surface area (Å²) in [4.78, 5) is 39.1. The number of amides is 2. The van der Waals surface area contributed by atoms with Crippen LogP contribution in [0.5, 0.6) is 0 Å². The maximum Gasteiger partial charge on any atom is 0.329 e. The Hall–Kier alpha value is -3.39. The van der Waals surface area contributed by atoms with Gasteiger partial charge in [0.05, 0.1) is 17.0 Å². The van der Waals surface area contributed by atoms with Gasteiger partial charge in [-0.3, -0.25) is 23.6 Å². The largest absolute Gasteiger partial charge is 0.369 e. The van der Waals surface area contributed by atoms with Crippen LogP contribution in [0.4, 0.5) is 5.69 Å². The lowest BCUT2D eigenvalue weighted by Gasteiger charge is -2.31. The molecule has 0 spiro atoms. The number of piperidine rings is 1. The lowest BCUT2D eigenvalue weighted by molar-refractivity contribution is -0.123. The van der Waals surface area contributed by atoms with Gasteiger partial charge in [-0.1, -0.05) is 24.3 Å². The van der Waals surface area contributed by atoms with Crippen LogP contribution in [-0.2, 0) is 29.2 Å². The van der Waals surface area contributed by atoms with Gasteiger partial charge < -0.3 is 11.1 Å². The van der Waals surface area contributed by atoms with E-state index in [4.69, 9.17) is 5.73 Å². The second-order valence-corrected chi connectivity index (χ2v) is 8.32. The van der Waals surface area contributed by atoms with E-state index in [-0.39, 0.29) is 30.0 Å². The minimum absolute atomic E-state index is 0.0453. The number of nitrogens with zero attached hydrogens (tertiary/aromatic N) is 3. The number of aromatic nitrogens is 2. The smallest absolute Gasteiger partial charge is 0.329 e. The van der Waals surface area contributed by atoms with E-state index < -0.39 is 0 Å². The van der Waals surface area contributed by atoms with Crippen molar-refractivity contribution in [2.75, 3.05) is 18.4 Å². The highest BCUT2D eigenvalue weighted by Gasteiger charge is 2.23. The SMILES string of the molecule is CCn1c(=O)n(CC(=O)Nc2ccc(CN3CCCC(C(N)=O)C3)cc2)c2ccccc21. The number of imidazole rings is 1. The molecule has 3 N–H and O–H groups in total. The number of hydrogen-bond donors (Lipinski definition) is 2. The van der Waals surface area contributed by atoms with Gasteiger partial charge >= 0.3 is 5.69 Å². The molecular weight excluding hydrogens is 406 g/mol. The standard InChI is InChI=1S/C24H29N5O3/c1-2-28-20-7-3-4-8-21(20)29(24(28)32)16-22(30)26-19-11-9-17(10-12-19)14-27-13-5-6-18(15-27)23(25)31/h3-4,7-12,18H,2,5-6,13-16H2,1H3,(H2,25,31)(H,26,30). The van der Waals surface area contributed by atoms with Crippen LogP contribution in [0.2, 0.25) is 0 Å². The maximum atomic E-state index is 12.7. The Kier molecular flexibility index (Phi) is 6.41. The van der Waals surface area contributed by atoms with Gasteiger partial charge in [-0.2, -0.15) is 0 Å². The summed E-state index contributed by atoms with van der Waals surface area (Å²) in [5.74, 6) is -0.558. The number of anilines is 1. The number of nitrogens with two attached hydrogens (primary N) is 1. The fourth-order valence-electron chi connectivity index (χ4n) is 4.46. The molecule has 0 saturated carbocycles. The van der Waals surface area contributed by atoms with Crippen molar-refractivity contribution in [3.05, 3.63) is 64.6 Å². The molecule has 8 heteroatoms. The summed E-state index contributed by atoms with van der Waals surface area (Å²) in [6.07, 6.45) is 1.83. The van der Waals surface area contributed by atoms with Crippen molar-refractivity contribution in [1.82, 2.24) is 14.0 Å². The van der Waals surface area contributed by atoms with Gasteiger partial charge in [0.15, 0.2) is 0 Å². The molecule has 2 heterocycles. The van der Waals surface area contributed by atoms with Crippen molar-refractivity contribution in [3.8, 4) is 0 Å². The molecule has 0 bridgehead atoms. The summed E-state index contributed by atoms with van der Waals surface area (Å²) in [5.41, 5.74) is 8.64. The average molecular weight is 436 g/mol. The van der Waals surface area contributed by atoms with Crippen LogP contribution < -0.4 is 16.7 Å². The van der Waals surface area contributed by atoms with Crippen molar-refractivity contribution in [2.45, 2.75) is 39.4 Å². The molecular formula is C24H29N5O3. The molecule has 1 saturated heterocycles. The number of aryl methyl sites for hydroxylation is 1. The molecule has 0 radical (unpaired) electrons.